The van der Waals surface area contributed by atoms with Crippen molar-refractivity contribution >= 4 is 47.6 Å². The molecule has 1 unspecified atom stereocenters. The molecule has 1 atom stereocenters. The van der Waals surface area contributed by atoms with Crippen LogP contribution < -0.4 is 5.19 Å². The first-order chi connectivity index (χ1) is 11.4. The van der Waals surface area contributed by atoms with Crippen LogP contribution in [0.25, 0.3) is 0 Å². The number of rotatable bonds is 2. The summed E-state index contributed by atoms with van der Waals surface area (Å²) in [6.07, 6.45) is 5.54. The topological polar surface area (TPSA) is 23.5 Å². The van der Waals surface area contributed by atoms with Crippen LogP contribution in [0, 0.1) is 18.9 Å². The van der Waals surface area contributed by atoms with Gasteiger partial charge in [0.1, 0.15) is 5.75 Å². The Labute approximate surface area is 204 Å². The summed E-state index contributed by atoms with van der Waals surface area (Å²) in [7, 11) is 3.92. The summed E-state index contributed by atoms with van der Waals surface area (Å²) in [6.45, 7) is 17.5. The van der Waals surface area contributed by atoms with Crippen molar-refractivity contribution in [2.45, 2.75) is 53.5 Å². The molecule has 0 aliphatic heterocycles. The van der Waals surface area contributed by atoms with Gasteiger partial charge in [0.05, 0.1) is 8.07 Å². The van der Waals surface area contributed by atoms with E-state index in [1.807, 2.05) is 27.1 Å². The number of hydrogen-bond acceptors (Lipinski definition) is 2. The SMILES string of the molecule is CC1=CC(N(C)C)=[C-]C1C.C[Si]C.Cc1cc(O)cc([Si](C)(C)C)c1.Cl.Cl.[Ti]. The van der Waals surface area contributed by atoms with E-state index in [9.17, 15) is 5.11 Å². The van der Waals surface area contributed by atoms with Crippen molar-refractivity contribution in [3.05, 3.63) is 47.2 Å². The van der Waals surface area contributed by atoms with E-state index in [-0.39, 0.29) is 46.5 Å². The number of likely N-dealkylation sites (N-methyl/N-ethyl adjacent to an activating group) is 1. The van der Waals surface area contributed by atoms with E-state index < -0.39 is 8.07 Å². The molecule has 160 valence electrons. The number of benzene rings is 1. The third kappa shape index (κ3) is 14.1. The molecule has 0 spiro atoms. The maximum atomic E-state index is 9.38. The van der Waals surface area contributed by atoms with E-state index in [1.54, 1.807) is 6.07 Å². The Hall–Kier alpha value is 0.0281. The van der Waals surface area contributed by atoms with Gasteiger partial charge in [0.2, 0.25) is 0 Å². The minimum Gasteiger partial charge on any atom is -0.508 e. The summed E-state index contributed by atoms with van der Waals surface area (Å²) >= 11 is 0. The van der Waals surface area contributed by atoms with Crippen LogP contribution in [-0.4, -0.2) is 41.7 Å². The summed E-state index contributed by atoms with van der Waals surface area (Å²) in [5, 5.41) is 10.7. The second kappa shape index (κ2) is 16.8. The molecule has 0 fully saturated rings. The number of halogens is 2. The van der Waals surface area contributed by atoms with Crippen LogP contribution in [0.5, 0.6) is 5.75 Å². The smallest absolute Gasteiger partial charge is 0.115 e. The molecule has 28 heavy (non-hydrogen) atoms. The number of nitrogens with zero attached hydrogens (tertiary/aromatic N) is 1. The number of aryl methyl sites for hydroxylation is 1. The molecule has 0 bridgehead atoms. The molecule has 0 aromatic heterocycles. The number of aromatic hydroxyl groups is 1. The molecule has 2 nitrogen and oxygen atoms in total. The number of allylic oxidation sites excluding steroid dienone is 3. The molecular formula is C21H38Cl2NOSi2Ti-. The molecule has 1 aliphatic carbocycles. The fourth-order valence-corrected chi connectivity index (χ4v) is 3.41. The van der Waals surface area contributed by atoms with Gasteiger partial charge in [0.15, 0.2) is 0 Å². The summed E-state index contributed by atoms with van der Waals surface area (Å²) in [5.74, 6) is 0.907. The number of phenolic OH excluding ortho intramolecular Hbond substituents is 1. The van der Waals surface area contributed by atoms with Crippen molar-refractivity contribution in [2.75, 3.05) is 14.1 Å². The van der Waals surface area contributed by atoms with E-state index in [1.165, 1.54) is 16.5 Å². The van der Waals surface area contributed by atoms with E-state index in [0.717, 1.165) is 15.1 Å². The Morgan fingerprint density at radius 1 is 1.04 bits per heavy atom. The maximum Gasteiger partial charge on any atom is 0.115 e. The Kier molecular flexibility index (Phi) is 21.3. The van der Waals surface area contributed by atoms with Gasteiger partial charge in [-0.2, -0.15) is 11.6 Å². The van der Waals surface area contributed by atoms with Gasteiger partial charge in [-0.1, -0.05) is 63.8 Å². The molecule has 1 aromatic rings. The van der Waals surface area contributed by atoms with E-state index in [2.05, 4.69) is 69.7 Å². The molecule has 0 saturated heterocycles. The summed E-state index contributed by atoms with van der Waals surface area (Å²) in [5.41, 5.74) is 3.76. The van der Waals surface area contributed by atoms with Crippen molar-refractivity contribution < 1.29 is 26.8 Å². The van der Waals surface area contributed by atoms with E-state index >= 15 is 0 Å². The third-order valence-electron chi connectivity index (χ3n) is 3.82. The first-order valence-electron chi connectivity index (χ1n) is 8.81. The summed E-state index contributed by atoms with van der Waals surface area (Å²) in [4.78, 5) is 2.09. The van der Waals surface area contributed by atoms with Crippen molar-refractivity contribution in [3.63, 3.8) is 0 Å². The van der Waals surface area contributed by atoms with Crippen LogP contribution in [0.1, 0.15) is 19.4 Å². The van der Waals surface area contributed by atoms with Crippen molar-refractivity contribution in [3.8, 4) is 5.75 Å². The van der Waals surface area contributed by atoms with Crippen molar-refractivity contribution in [1.82, 2.24) is 4.90 Å². The Balaban J connectivity index is -0.000000166. The van der Waals surface area contributed by atoms with Gasteiger partial charge in [0, 0.05) is 45.3 Å². The Bertz CT molecular complexity index is 595. The average molecular weight is 495 g/mol. The largest absolute Gasteiger partial charge is 0.508 e. The summed E-state index contributed by atoms with van der Waals surface area (Å²) in [6, 6.07) is 5.86. The van der Waals surface area contributed by atoms with Gasteiger partial charge in [-0.3, -0.25) is 0 Å². The first kappa shape index (κ1) is 35.5. The fraction of sp³-hybridized carbons (Fsp3) is 0.524. The van der Waals surface area contributed by atoms with Gasteiger partial charge in [-0.25, -0.2) is 6.08 Å². The zero-order chi connectivity index (χ0) is 19.8. The van der Waals surface area contributed by atoms with Crippen LogP contribution in [0.2, 0.25) is 32.7 Å². The van der Waals surface area contributed by atoms with Crippen LogP contribution >= 0.6 is 24.8 Å². The third-order valence-corrected chi connectivity index (χ3v) is 5.84. The van der Waals surface area contributed by atoms with Gasteiger partial charge in [-0.15, -0.1) is 30.5 Å². The monoisotopic (exact) mass is 494 g/mol. The molecule has 7 heteroatoms. The van der Waals surface area contributed by atoms with Crippen LogP contribution in [0.3, 0.4) is 0 Å². The van der Waals surface area contributed by atoms with Gasteiger partial charge < -0.3 is 10.0 Å². The predicted octanol–water partition coefficient (Wildman–Crippen LogP) is 5.70. The number of hydrogen-bond donors (Lipinski definition) is 1. The normalized spacial score (nSPS) is 14.3. The molecule has 0 amide bonds. The molecule has 2 rings (SSSR count). The molecule has 1 aromatic carbocycles. The zero-order valence-electron chi connectivity index (χ0n) is 19.1. The van der Waals surface area contributed by atoms with Crippen LogP contribution in [-0.2, 0) is 21.7 Å². The van der Waals surface area contributed by atoms with Crippen molar-refractivity contribution in [2.24, 2.45) is 5.92 Å². The minimum atomic E-state index is -1.26. The number of phenols is 1. The maximum absolute atomic E-state index is 9.38. The fourth-order valence-electron chi connectivity index (χ4n) is 2.17. The zero-order valence-corrected chi connectivity index (χ0v) is 24.3. The van der Waals surface area contributed by atoms with Crippen LogP contribution in [0.4, 0.5) is 0 Å². The standard InChI is InChI=1S/C10H16OSi.C9H14N.C2H6Si.2ClH.Ti/c1-8-5-9(11)7-10(6-8)12(2,3)4;1-7-5-9(10(3)4)6-8(7)2;1-3-2;;;/h5-7,11H,1-4H3;5,8H,1-4H3;1-2H3;2*1H;/q;-1;;;;. The molecule has 0 heterocycles. The molecule has 2 radical (unpaired) electrons. The van der Waals surface area contributed by atoms with Crippen molar-refractivity contribution in [1.29, 1.82) is 0 Å². The van der Waals surface area contributed by atoms with Crippen LogP contribution in [0.15, 0.2) is 35.5 Å². The minimum absolute atomic E-state index is 0. The second-order valence-corrected chi connectivity index (χ2v) is 13.9. The first-order valence-corrected chi connectivity index (χ1v) is 14.3. The molecule has 1 N–H and O–H groups in total. The van der Waals surface area contributed by atoms with E-state index in [4.69, 9.17) is 0 Å². The van der Waals surface area contributed by atoms with Gasteiger partial charge in [0.25, 0.3) is 0 Å². The molecule has 0 saturated carbocycles. The predicted molar refractivity (Wildman–Crippen MR) is 131 cm³/mol. The quantitative estimate of drug-likeness (QED) is 0.420. The molecular weight excluding hydrogens is 457 g/mol. The average Bonchev–Trinajstić information content (AvgIpc) is 2.78. The summed E-state index contributed by atoms with van der Waals surface area (Å²) < 4.78 is 0. The molecule has 1 aliphatic rings. The Morgan fingerprint density at radius 2 is 1.50 bits per heavy atom. The van der Waals surface area contributed by atoms with Gasteiger partial charge in [-0.05, 0) is 24.6 Å². The van der Waals surface area contributed by atoms with E-state index in [0.29, 0.717) is 11.7 Å². The van der Waals surface area contributed by atoms with Gasteiger partial charge >= 0.3 is 0 Å². The Morgan fingerprint density at radius 3 is 1.75 bits per heavy atom. The second-order valence-electron chi connectivity index (χ2n) is 7.84.